The van der Waals surface area contributed by atoms with Crippen LogP contribution in [0.2, 0.25) is 0 Å². The van der Waals surface area contributed by atoms with Gasteiger partial charge in [0, 0.05) is 5.56 Å². The standard InChI is InChI=1S/C15H13NO3/c1-9-3-2-4-10(7-9)12-13(17)14(19-15(12)16)11-5-6-18-8-11/h2-8,14H,16H2,1H3. The van der Waals surface area contributed by atoms with Crippen LogP contribution in [0.1, 0.15) is 22.8 Å². The van der Waals surface area contributed by atoms with Crippen LogP contribution >= 0.6 is 0 Å². The van der Waals surface area contributed by atoms with Crippen LogP contribution in [0.5, 0.6) is 0 Å². The lowest BCUT2D eigenvalue weighted by Crippen LogP contribution is -2.08. The van der Waals surface area contributed by atoms with Gasteiger partial charge in [-0.1, -0.05) is 29.8 Å². The fourth-order valence-electron chi connectivity index (χ4n) is 2.22. The lowest BCUT2D eigenvalue weighted by atomic mass is 9.97. The second-order valence-corrected chi connectivity index (χ2v) is 4.53. The SMILES string of the molecule is Cc1cccc(C2=C(N)OC(c3ccoc3)C2=O)c1. The topological polar surface area (TPSA) is 65.5 Å². The van der Waals surface area contributed by atoms with Crippen molar-refractivity contribution in [3.8, 4) is 0 Å². The van der Waals surface area contributed by atoms with Gasteiger partial charge in [-0.3, -0.25) is 4.79 Å². The van der Waals surface area contributed by atoms with Gasteiger partial charge in [-0.2, -0.15) is 0 Å². The van der Waals surface area contributed by atoms with Crippen LogP contribution in [0.3, 0.4) is 0 Å². The van der Waals surface area contributed by atoms with Crippen molar-refractivity contribution in [2.45, 2.75) is 13.0 Å². The Morgan fingerprint density at radius 1 is 1.26 bits per heavy atom. The van der Waals surface area contributed by atoms with Gasteiger partial charge in [0.15, 0.2) is 12.0 Å². The van der Waals surface area contributed by atoms with Gasteiger partial charge >= 0.3 is 0 Å². The van der Waals surface area contributed by atoms with E-state index in [4.69, 9.17) is 14.9 Å². The number of aryl methyl sites for hydroxylation is 1. The van der Waals surface area contributed by atoms with E-state index in [0.29, 0.717) is 11.1 Å². The van der Waals surface area contributed by atoms with Crippen molar-refractivity contribution in [1.82, 2.24) is 0 Å². The zero-order chi connectivity index (χ0) is 13.4. The largest absolute Gasteiger partial charge is 0.472 e. The molecule has 0 fully saturated rings. The van der Waals surface area contributed by atoms with E-state index in [1.807, 2.05) is 31.2 Å². The first kappa shape index (κ1) is 11.6. The maximum absolute atomic E-state index is 12.4. The molecule has 0 spiro atoms. The molecule has 1 aromatic heterocycles. The number of hydrogen-bond acceptors (Lipinski definition) is 4. The number of nitrogens with two attached hydrogens (primary N) is 1. The molecule has 19 heavy (non-hydrogen) atoms. The van der Waals surface area contributed by atoms with Crippen molar-refractivity contribution in [1.29, 1.82) is 0 Å². The Bertz CT molecular complexity index is 656. The van der Waals surface area contributed by atoms with E-state index in [1.165, 1.54) is 12.5 Å². The van der Waals surface area contributed by atoms with Gasteiger partial charge in [-0.05, 0) is 18.6 Å². The van der Waals surface area contributed by atoms with E-state index in [0.717, 1.165) is 11.1 Å². The summed E-state index contributed by atoms with van der Waals surface area (Å²) < 4.78 is 10.5. The highest BCUT2D eigenvalue weighted by atomic mass is 16.5. The summed E-state index contributed by atoms with van der Waals surface area (Å²) >= 11 is 0. The van der Waals surface area contributed by atoms with Crippen LogP contribution in [-0.4, -0.2) is 5.78 Å². The molecule has 1 unspecified atom stereocenters. The maximum atomic E-state index is 12.4. The first-order valence-electron chi connectivity index (χ1n) is 5.96. The summed E-state index contributed by atoms with van der Waals surface area (Å²) in [5.41, 5.74) is 8.82. The van der Waals surface area contributed by atoms with Crippen molar-refractivity contribution < 1.29 is 13.9 Å². The Labute approximate surface area is 110 Å². The zero-order valence-electron chi connectivity index (χ0n) is 10.4. The minimum atomic E-state index is -0.700. The molecule has 0 amide bonds. The second-order valence-electron chi connectivity index (χ2n) is 4.53. The zero-order valence-corrected chi connectivity index (χ0v) is 10.4. The maximum Gasteiger partial charge on any atom is 0.214 e. The van der Waals surface area contributed by atoms with Gasteiger partial charge in [0.1, 0.15) is 0 Å². The lowest BCUT2D eigenvalue weighted by Gasteiger charge is -2.06. The van der Waals surface area contributed by atoms with E-state index < -0.39 is 6.10 Å². The van der Waals surface area contributed by atoms with Crippen LogP contribution in [0, 0.1) is 6.92 Å². The number of ketones is 1. The van der Waals surface area contributed by atoms with Gasteiger partial charge in [-0.25, -0.2) is 0 Å². The quantitative estimate of drug-likeness (QED) is 0.895. The van der Waals surface area contributed by atoms with Gasteiger partial charge < -0.3 is 14.9 Å². The smallest absolute Gasteiger partial charge is 0.214 e. The summed E-state index contributed by atoms with van der Waals surface area (Å²) in [5, 5.41) is 0. The molecule has 2 aromatic rings. The van der Waals surface area contributed by atoms with Crippen LogP contribution in [0.15, 0.2) is 53.2 Å². The van der Waals surface area contributed by atoms with E-state index in [-0.39, 0.29) is 11.7 Å². The third-order valence-electron chi connectivity index (χ3n) is 3.13. The average molecular weight is 255 g/mol. The highest BCUT2D eigenvalue weighted by Crippen LogP contribution is 2.36. The van der Waals surface area contributed by atoms with Crippen molar-refractivity contribution in [3.63, 3.8) is 0 Å². The van der Waals surface area contributed by atoms with Crippen molar-refractivity contribution in [2.24, 2.45) is 5.73 Å². The molecule has 1 atom stereocenters. The molecule has 0 aliphatic carbocycles. The lowest BCUT2D eigenvalue weighted by molar-refractivity contribution is -0.120. The van der Waals surface area contributed by atoms with Crippen LogP contribution in [-0.2, 0) is 9.53 Å². The minimum Gasteiger partial charge on any atom is -0.472 e. The third-order valence-corrected chi connectivity index (χ3v) is 3.13. The van der Waals surface area contributed by atoms with Crippen molar-refractivity contribution in [3.05, 3.63) is 65.4 Å². The summed E-state index contributed by atoms with van der Waals surface area (Å²) in [4.78, 5) is 12.4. The van der Waals surface area contributed by atoms with Crippen LogP contribution < -0.4 is 5.73 Å². The number of carbonyl (C=O) groups excluding carboxylic acids is 1. The Kier molecular flexibility index (Phi) is 2.63. The fraction of sp³-hybridized carbons (Fsp3) is 0.133. The first-order valence-corrected chi connectivity index (χ1v) is 5.96. The molecule has 1 aliphatic heterocycles. The van der Waals surface area contributed by atoms with E-state index in [9.17, 15) is 4.79 Å². The van der Waals surface area contributed by atoms with Crippen LogP contribution in [0.4, 0.5) is 0 Å². The van der Waals surface area contributed by atoms with Gasteiger partial charge in [0.25, 0.3) is 0 Å². The first-order chi connectivity index (χ1) is 9.16. The molecule has 0 bridgehead atoms. The molecule has 0 radical (unpaired) electrons. The molecule has 1 aromatic carbocycles. The monoisotopic (exact) mass is 255 g/mol. The van der Waals surface area contributed by atoms with Crippen molar-refractivity contribution >= 4 is 11.4 Å². The molecular formula is C15H13NO3. The molecule has 0 saturated carbocycles. The molecule has 2 N–H and O–H groups in total. The number of Topliss-reactive ketones (excluding diaryl/α,β-unsaturated/α-hetero) is 1. The Hall–Kier alpha value is -2.49. The molecule has 2 heterocycles. The van der Waals surface area contributed by atoms with Crippen LogP contribution in [0.25, 0.3) is 5.57 Å². The number of ether oxygens (including phenoxy) is 1. The highest BCUT2D eigenvalue weighted by molar-refractivity contribution is 6.25. The van der Waals surface area contributed by atoms with E-state index in [2.05, 4.69) is 0 Å². The summed E-state index contributed by atoms with van der Waals surface area (Å²) in [5.74, 6) is 0.0336. The molecule has 4 nitrogen and oxygen atoms in total. The fourth-order valence-corrected chi connectivity index (χ4v) is 2.22. The second kappa shape index (κ2) is 4.31. The Morgan fingerprint density at radius 3 is 2.79 bits per heavy atom. The summed E-state index contributed by atoms with van der Waals surface area (Å²) in [6, 6.07) is 9.34. The summed E-state index contributed by atoms with van der Waals surface area (Å²) in [6.45, 7) is 1.97. The average Bonchev–Trinajstić information content (AvgIpc) is 2.97. The van der Waals surface area contributed by atoms with E-state index in [1.54, 1.807) is 6.07 Å². The predicted octanol–water partition coefficient (Wildman–Crippen LogP) is 2.56. The number of benzene rings is 1. The number of furan rings is 1. The molecular weight excluding hydrogens is 242 g/mol. The normalized spacial score (nSPS) is 18.8. The van der Waals surface area contributed by atoms with E-state index >= 15 is 0 Å². The molecule has 4 heteroatoms. The summed E-state index contributed by atoms with van der Waals surface area (Å²) in [7, 11) is 0. The van der Waals surface area contributed by atoms with Gasteiger partial charge in [0.05, 0.1) is 18.1 Å². The number of carbonyl (C=O) groups is 1. The molecule has 96 valence electrons. The molecule has 1 aliphatic rings. The number of hydrogen-bond donors (Lipinski definition) is 1. The van der Waals surface area contributed by atoms with Gasteiger partial charge in [0.2, 0.25) is 5.78 Å². The Balaban J connectivity index is 1.99. The third kappa shape index (κ3) is 1.91. The van der Waals surface area contributed by atoms with Crippen molar-refractivity contribution in [2.75, 3.05) is 0 Å². The molecule has 3 rings (SSSR count). The van der Waals surface area contributed by atoms with Gasteiger partial charge in [-0.15, -0.1) is 0 Å². The Morgan fingerprint density at radius 2 is 2.11 bits per heavy atom. The highest BCUT2D eigenvalue weighted by Gasteiger charge is 2.36. The number of rotatable bonds is 2. The molecule has 0 saturated heterocycles. The predicted molar refractivity (Wildman–Crippen MR) is 69.8 cm³/mol. The summed E-state index contributed by atoms with van der Waals surface area (Å²) in [6.07, 6.45) is 2.30. The minimum absolute atomic E-state index is 0.135.